The lowest BCUT2D eigenvalue weighted by Crippen LogP contribution is -2.27. The summed E-state index contributed by atoms with van der Waals surface area (Å²) >= 11 is 5.83. The maximum absolute atomic E-state index is 11.8. The molecule has 0 atom stereocenters. The number of carbonyl (C=O) groups is 1. The predicted molar refractivity (Wildman–Crippen MR) is 103 cm³/mol. The first kappa shape index (κ1) is 17.7. The molecule has 0 fully saturated rings. The molecule has 0 spiro atoms. The number of nitrogens with zero attached hydrogens (tertiary/aromatic N) is 3. The van der Waals surface area contributed by atoms with Gasteiger partial charge in [-0.2, -0.15) is 0 Å². The molecule has 2 aromatic heterocycles. The average molecular weight is 368 g/mol. The van der Waals surface area contributed by atoms with Crippen molar-refractivity contribution in [2.45, 2.75) is 0 Å². The van der Waals surface area contributed by atoms with E-state index in [1.807, 2.05) is 47.3 Å². The third-order valence-corrected chi connectivity index (χ3v) is 3.80. The van der Waals surface area contributed by atoms with E-state index in [4.69, 9.17) is 11.6 Å². The second-order valence-corrected chi connectivity index (χ2v) is 5.89. The third-order valence-electron chi connectivity index (χ3n) is 3.55. The third kappa shape index (κ3) is 5.19. The van der Waals surface area contributed by atoms with Gasteiger partial charge in [0.05, 0.1) is 0 Å². The molecular formula is C19H18ClN5O. The van der Waals surface area contributed by atoms with Crippen molar-refractivity contribution in [3.05, 3.63) is 77.8 Å². The highest BCUT2D eigenvalue weighted by atomic mass is 35.5. The fourth-order valence-corrected chi connectivity index (χ4v) is 2.38. The summed E-state index contributed by atoms with van der Waals surface area (Å²) in [4.78, 5) is 20.2. The van der Waals surface area contributed by atoms with Gasteiger partial charge < -0.3 is 15.2 Å². The Labute approximate surface area is 156 Å². The highest BCUT2D eigenvalue weighted by Crippen LogP contribution is 2.10. The molecule has 7 heteroatoms. The summed E-state index contributed by atoms with van der Waals surface area (Å²) in [5.74, 6) is 1.33. The van der Waals surface area contributed by atoms with E-state index in [0.29, 0.717) is 23.9 Å². The first-order chi connectivity index (χ1) is 12.7. The van der Waals surface area contributed by atoms with Crippen molar-refractivity contribution in [2.24, 2.45) is 0 Å². The van der Waals surface area contributed by atoms with E-state index in [2.05, 4.69) is 20.6 Å². The van der Waals surface area contributed by atoms with Crippen LogP contribution in [0.4, 0.5) is 5.82 Å². The molecule has 0 aliphatic rings. The van der Waals surface area contributed by atoms with Crippen LogP contribution in [-0.4, -0.2) is 33.5 Å². The van der Waals surface area contributed by atoms with Gasteiger partial charge >= 0.3 is 0 Å². The summed E-state index contributed by atoms with van der Waals surface area (Å²) in [5, 5.41) is 6.65. The highest BCUT2D eigenvalue weighted by molar-refractivity contribution is 6.30. The van der Waals surface area contributed by atoms with Gasteiger partial charge in [-0.1, -0.05) is 23.7 Å². The molecule has 26 heavy (non-hydrogen) atoms. The Hall–Kier alpha value is -3.12. The maximum atomic E-state index is 11.8. The Bertz CT molecular complexity index is 875. The van der Waals surface area contributed by atoms with Gasteiger partial charge in [-0.15, -0.1) is 0 Å². The van der Waals surface area contributed by atoms with Crippen molar-refractivity contribution in [3.8, 4) is 5.82 Å². The number of hydrogen-bond donors (Lipinski definition) is 2. The zero-order valence-electron chi connectivity index (χ0n) is 14.0. The number of carbonyl (C=O) groups excluding carboxylic acids is 1. The van der Waals surface area contributed by atoms with Crippen molar-refractivity contribution in [1.82, 2.24) is 19.9 Å². The van der Waals surface area contributed by atoms with Gasteiger partial charge in [0.2, 0.25) is 5.91 Å². The minimum absolute atomic E-state index is 0.155. The Morgan fingerprint density at radius 1 is 1.12 bits per heavy atom. The Morgan fingerprint density at radius 3 is 2.65 bits per heavy atom. The molecule has 3 aromatic rings. The van der Waals surface area contributed by atoms with Gasteiger partial charge in [0.15, 0.2) is 0 Å². The number of amides is 1. The summed E-state index contributed by atoms with van der Waals surface area (Å²) in [7, 11) is 0. The van der Waals surface area contributed by atoms with Gasteiger partial charge in [-0.25, -0.2) is 9.97 Å². The van der Waals surface area contributed by atoms with E-state index >= 15 is 0 Å². The van der Waals surface area contributed by atoms with Crippen LogP contribution in [0.25, 0.3) is 11.9 Å². The largest absolute Gasteiger partial charge is 0.368 e. The summed E-state index contributed by atoms with van der Waals surface area (Å²) in [6.45, 7) is 1.04. The normalized spacial score (nSPS) is 10.8. The van der Waals surface area contributed by atoms with E-state index in [9.17, 15) is 4.79 Å². The molecule has 0 aliphatic carbocycles. The zero-order chi connectivity index (χ0) is 18.2. The van der Waals surface area contributed by atoms with E-state index in [-0.39, 0.29) is 5.91 Å². The molecule has 0 unspecified atom stereocenters. The van der Waals surface area contributed by atoms with Crippen LogP contribution < -0.4 is 10.6 Å². The molecule has 1 amide bonds. The van der Waals surface area contributed by atoms with Crippen LogP contribution in [0.3, 0.4) is 0 Å². The van der Waals surface area contributed by atoms with Gasteiger partial charge in [-0.3, -0.25) is 4.79 Å². The van der Waals surface area contributed by atoms with Gasteiger partial charge in [0.25, 0.3) is 0 Å². The van der Waals surface area contributed by atoms with E-state index in [1.54, 1.807) is 18.2 Å². The summed E-state index contributed by atoms with van der Waals surface area (Å²) < 4.78 is 1.90. The summed E-state index contributed by atoms with van der Waals surface area (Å²) in [5.41, 5.74) is 0.918. The SMILES string of the molecule is O=C(/C=C/c1ccc(Cl)cc1)NCCNc1cc(-n2cccc2)ncn1. The molecule has 0 radical (unpaired) electrons. The number of rotatable bonds is 7. The molecule has 0 bridgehead atoms. The van der Waals surface area contributed by atoms with Crippen LogP contribution >= 0.6 is 11.6 Å². The van der Waals surface area contributed by atoms with E-state index in [0.717, 1.165) is 11.4 Å². The first-order valence-corrected chi connectivity index (χ1v) is 8.49. The Balaban J connectivity index is 1.43. The number of aromatic nitrogens is 3. The van der Waals surface area contributed by atoms with Crippen LogP contribution in [0.2, 0.25) is 5.02 Å². The lowest BCUT2D eigenvalue weighted by atomic mass is 10.2. The smallest absolute Gasteiger partial charge is 0.244 e. The molecule has 2 N–H and O–H groups in total. The van der Waals surface area contributed by atoms with E-state index < -0.39 is 0 Å². The van der Waals surface area contributed by atoms with Crippen molar-refractivity contribution < 1.29 is 4.79 Å². The van der Waals surface area contributed by atoms with Crippen molar-refractivity contribution in [1.29, 1.82) is 0 Å². The molecule has 0 saturated heterocycles. The van der Waals surface area contributed by atoms with Gasteiger partial charge in [0, 0.05) is 42.6 Å². The van der Waals surface area contributed by atoms with Crippen molar-refractivity contribution in [3.63, 3.8) is 0 Å². The van der Waals surface area contributed by atoms with Crippen LogP contribution in [0.1, 0.15) is 5.56 Å². The number of nitrogens with one attached hydrogen (secondary N) is 2. The van der Waals surface area contributed by atoms with Crippen LogP contribution in [0.15, 0.2) is 67.3 Å². The molecule has 1 aromatic carbocycles. The standard InChI is InChI=1S/C19H18ClN5O/c20-16-6-3-15(4-7-16)5-8-19(26)22-10-9-21-17-13-18(24-14-23-17)25-11-1-2-12-25/h1-8,11-14H,9-10H2,(H,22,26)(H,21,23,24)/b8-5+. The minimum atomic E-state index is -0.155. The van der Waals surface area contributed by atoms with Crippen LogP contribution in [0.5, 0.6) is 0 Å². The summed E-state index contributed by atoms with van der Waals surface area (Å²) in [6.07, 6.45) is 8.58. The maximum Gasteiger partial charge on any atom is 0.244 e. The number of hydrogen-bond acceptors (Lipinski definition) is 4. The average Bonchev–Trinajstić information content (AvgIpc) is 3.20. The topological polar surface area (TPSA) is 71.8 Å². The quantitative estimate of drug-likeness (QED) is 0.497. The minimum Gasteiger partial charge on any atom is -0.368 e. The predicted octanol–water partition coefficient (Wildman–Crippen LogP) is 3.16. The Morgan fingerprint density at radius 2 is 1.88 bits per heavy atom. The molecule has 132 valence electrons. The number of benzene rings is 1. The molecule has 2 heterocycles. The lowest BCUT2D eigenvalue weighted by molar-refractivity contribution is -0.116. The van der Waals surface area contributed by atoms with E-state index in [1.165, 1.54) is 12.4 Å². The fraction of sp³-hybridized carbons (Fsp3) is 0.105. The lowest BCUT2D eigenvalue weighted by Gasteiger charge is -2.07. The second-order valence-electron chi connectivity index (χ2n) is 5.45. The number of anilines is 1. The molecule has 0 aliphatic heterocycles. The number of halogens is 1. The zero-order valence-corrected chi connectivity index (χ0v) is 14.7. The molecule has 3 rings (SSSR count). The molecule has 0 saturated carbocycles. The fourth-order valence-electron chi connectivity index (χ4n) is 2.25. The first-order valence-electron chi connectivity index (χ1n) is 8.11. The van der Waals surface area contributed by atoms with Crippen molar-refractivity contribution >= 4 is 29.4 Å². The molecule has 6 nitrogen and oxygen atoms in total. The van der Waals surface area contributed by atoms with Crippen molar-refractivity contribution in [2.75, 3.05) is 18.4 Å². The Kier molecular flexibility index (Phi) is 6.01. The van der Waals surface area contributed by atoms with Crippen LogP contribution in [-0.2, 0) is 4.79 Å². The monoisotopic (exact) mass is 367 g/mol. The van der Waals surface area contributed by atoms with Crippen LogP contribution in [0, 0.1) is 0 Å². The highest BCUT2D eigenvalue weighted by Gasteiger charge is 2.00. The second kappa shape index (κ2) is 8.82. The van der Waals surface area contributed by atoms with Gasteiger partial charge in [-0.05, 0) is 35.9 Å². The van der Waals surface area contributed by atoms with Gasteiger partial charge in [0.1, 0.15) is 18.0 Å². The molecular weight excluding hydrogens is 350 g/mol. The summed E-state index contributed by atoms with van der Waals surface area (Å²) in [6, 6.07) is 13.0.